The molecule has 0 saturated carbocycles. The van der Waals surface area contributed by atoms with Gasteiger partial charge in [-0.15, -0.1) is 11.6 Å². The smallest absolute Gasteiger partial charge is 0.0532 e. The van der Waals surface area contributed by atoms with Crippen LogP contribution in [0.4, 0.5) is 0 Å². The van der Waals surface area contributed by atoms with Gasteiger partial charge in [-0.3, -0.25) is 0 Å². The summed E-state index contributed by atoms with van der Waals surface area (Å²) in [6.07, 6.45) is 2.07. The van der Waals surface area contributed by atoms with Crippen LogP contribution in [0.3, 0.4) is 0 Å². The lowest BCUT2D eigenvalue weighted by Gasteiger charge is -2.26. The van der Waals surface area contributed by atoms with Crippen molar-refractivity contribution in [1.82, 2.24) is 0 Å². The quantitative estimate of drug-likeness (QED) is 0.611. The van der Waals surface area contributed by atoms with E-state index >= 15 is 0 Å². The van der Waals surface area contributed by atoms with Crippen LogP contribution < -0.4 is 5.73 Å². The largest absolute Gasteiger partial charge is 0.323 e. The highest BCUT2D eigenvalue weighted by atomic mass is 35.5. The zero-order valence-electron chi connectivity index (χ0n) is 6.83. The maximum absolute atomic E-state index is 6.07. The first kappa shape index (κ1) is 8.09. The first-order valence-corrected chi connectivity index (χ1v) is 4.70. The van der Waals surface area contributed by atoms with Crippen LogP contribution in [0.15, 0.2) is 24.3 Å². The lowest BCUT2D eigenvalue weighted by molar-refractivity contribution is 0.579. The van der Waals surface area contributed by atoms with Gasteiger partial charge in [-0.05, 0) is 24.0 Å². The SMILES string of the molecule is N[C@@H]1c2ccccc2CCC1Cl. The molecule has 0 aromatic heterocycles. The Morgan fingerprint density at radius 1 is 1.33 bits per heavy atom. The third-order valence-electron chi connectivity index (χ3n) is 2.49. The van der Waals surface area contributed by atoms with Gasteiger partial charge in [-0.25, -0.2) is 0 Å². The summed E-state index contributed by atoms with van der Waals surface area (Å²) in [6, 6.07) is 8.32. The minimum Gasteiger partial charge on any atom is -0.323 e. The van der Waals surface area contributed by atoms with Crippen LogP contribution in [0, 0.1) is 0 Å². The number of halogens is 1. The Hall–Kier alpha value is -0.530. The minimum absolute atomic E-state index is 0.0246. The molecule has 2 rings (SSSR count). The molecule has 1 nitrogen and oxygen atoms in total. The summed E-state index contributed by atoms with van der Waals surface area (Å²) in [6.45, 7) is 0. The van der Waals surface area contributed by atoms with Gasteiger partial charge in [0.05, 0.1) is 5.38 Å². The Labute approximate surface area is 77.5 Å². The molecular formula is C10H12ClN. The van der Waals surface area contributed by atoms with Gasteiger partial charge in [-0.1, -0.05) is 24.3 Å². The van der Waals surface area contributed by atoms with Crippen molar-refractivity contribution in [2.75, 3.05) is 0 Å². The minimum atomic E-state index is 0.0246. The van der Waals surface area contributed by atoms with Gasteiger partial charge >= 0.3 is 0 Å². The van der Waals surface area contributed by atoms with Crippen LogP contribution in [-0.4, -0.2) is 5.38 Å². The van der Waals surface area contributed by atoms with Crippen LogP contribution in [-0.2, 0) is 6.42 Å². The predicted octanol–water partition coefficient (Wildman–Crippen LogP) is 2.24. The zero-order chi connectivity index (χ0) is 8.55. The third kappa shape index (κ3) is 1.23. The van der Waals surface area contributed by atoms with E-state index in [1.54, 1.807) is 0 Å². The summed E-state index contributed by atoms with van der Waals surface area (Å²) in [5, 5.41) is 0.111. The molecule has 0 aliphatic heterocycles. The first-order valence-electron chi connectivity index (χ1n) is 4.26. The van der Waals surface area contributed by atoms with Crippen molar-refractivity contribution >= 4 is 11.6 Å². The summed E-state index contributed by atoms with van der Waals surface area (Å²) >= 11 is 6.07. The number of nitrogens with two attached hydrogens (primary N) is 1. The standard InChI is InChI=1S/C10H12ClN/c11-9-6-5-7-3-1-2-4-8(7)10(9)12/h1-4,9-10H,5-6,12H2/t9?,10-/m1/s1. The molecule has 0 spiro atoms. The molecule has 12 heavy (non-hydrogen) atoms. The Bertz CT molecular complexity index is 285. The molecule has 2 N–H and O–H groups in total. The van der Waals surface area contributed by atoms with Crippen molar-refractivity contribution < 1.29 is 0 Å². The van der Waals surface area contributed by atoms with Gasteiger partial charge in [0.25, 0.3) is 0 Å². The lowest BCUT2D eigenvalue weighted by atomic mass is 9.88. The van der Waals surface area contributed by atoms with E-state index < -0.39 is 0 Å². The Morgan fingerprint density at radius 3 is 2.92 bits per heavy atom. The monoisotopic (exact) mass is 181 g/mol. The number of hydrogen-bond acceptors (Lipinski definition) is 1. The highest BCUT2D eigenvalue weighted by Crippen LogP contribution is 2.30. The second-order valence-electron chi connectivity index (χ2n) is 3.28. The lowest BCUT2D eigenvalue weighted by Crippen LogP contribution is -2.27. The molecule has 0 fully saturated rings. The Balaban J connectivity index is 2.42. The van der Waals surface area contributed by atoms with Crippen molar-refractivity contribution in [2.24, 2.45) is 5.73 Å². The van der Waals surface area contributed by atoms with Crippen LogP contribution in [0.5, 0.6) is 0 Å². The molecule has 0 saturated heterocycles. The van der Waals surface area contributed by atoms with E-state index in [0.717, 1.165) is 12.8 Å². The van der Waals surface area contributed by atoms with Crippen molar-refractivity contribution in [3.05, 3.63) is 35.4 Å². The second-order valence-corrected chi connectivity index (χ2v) is 3.84. The topological polar surface area (TPSA) is 26.0 Å². The van der Waals surface area contributed by atoms with Crippen LogP contribution in [0.2, 0.25) is 0 Å². The van der Waals surface area contributed by atoms with Crippen molar-refractivity contribution in [3.63, 3.8) is 0 Å². The summed E-state index contributed by atoms with van der Waals surface area (Å²) in [4.78, 5) is 0. The molecule has 0 bridgehead atoms. The van der Waals surface area contributed by atoms with Gasteiger partial charge in [0.1, 0.15) is 0 Å². The van der Waals surface area contributed by atoms with Crippen LogP contribution in [0.1, 0.15) is 23.6 Å². The molecule has 2 heteroatoms. The summed E-state index contributed by atoms with van der Waals surface area (Å²) in [7, 11) is 0. The summed E-state index contributed by atoms with van der Waals surface area (Å²) in [5.74, 6) is 0. The van der Waals surface area contributed by atoms with E-state index in [1.165, 1.54) is 11.1 Å². The van der Waals surface area contributed by atoms with E-state index in [0.29, 0.717) is 0 Å². The maximum Gasteiger partial charge on any atom is 0.0532 e. The van der Waals surface area contributed by atoms with Gasteiger partial charge in [0, 0.05) is 6.04 Å². The molecule has 0 radical (unpaired) electrons. The Morgan fingerprint density at radius 2 is 2.08 bits per heavy atom. The summed E-state index contributed by atoms with van der Waals surface area (Å²) in [5.41, 5.74) is 8.55. The van der Waals surface area contributed by atoms with Crippen molar-refractivity contribution in [1.29, 1.82) is 0 Å². The molecule has 0 heterocycles. The van der Waals surface area contributed by atoms with Crippen LogP contribution in [0.25, 0.3) is 0 Å². The molecule has 1 unspecified atom stereocenters. The van der Waals surface area contributed by atoms with Crippen LogP contribution >= 0.6 is 11.6 Å². The van der Waals surface area contributed by atoms with Crippen molar-refractivity contribution in [2.45, 2.75) is 24.3 Å². The zero-order valence-corrected chi connectivity index (χ0v) is 7.59. The average Bonchev–Trinajstić information content (AvgIpc) is 2.12. The molecular weight excluding hydrogens is 170 g/mol. The van der Waals surface area contributed by atoms with Crippen molar-refractivity contribution in [3.8, 4) is 0 Å². The highest BCUT2D eigenvalue weighted by molar-refractivity contribution is 6.21. The van der Waals surface area contributed by atoms with Gasteiger partial charge < -0.3 is 5.73 Å². The number of aryl methyl sites for hydroxylation is 1. The second kappa shape index (κ2) is 3.08. The molecule has 1 aromatic carbocycles. The average molecular weight is 182 g/mol. The molecule has 64 valence electrons. The van der Waals surface area contributed by atoms with E-state index in [1.807, 2.05) is 6.07 Å². The first-order chi connectivity index (χ1) is 5.79. The van der Waals surface area contributed by atoms with E-state index in [4.69, 9.17) is 17.3 Å². The van der Waals surface area contributed by atoms with Gasteiger partial charge in [-0.2, -0.15) is 0 Å². The summed E-state index contributed by atoms with van der Waals surface area (Å²) < 4.78 is 0. The molecule has 0 amide bonds. The fraction of sp³-hybridized carbons (Fsp3) is 0.400. The van der Waals surface area contributed by atoms with Gasteiger partial charge in [0.2, 0.25) is 0 Å². The number of alkyl halides is 1. The molecule has 1 aromatic rings. The maximum atomic E-state index is 6.07. The highest BCUT2D eigenvalue weighted by Gasteiger charge is 2.23. The van der Waals surface area contributed by atoms with Gasteiger partial charge in [0.15, 0.2) is 0 Å². The number of rotatable bonds is 0. The molecule has 1 aliphatic rings. The number of benzene rings is 1. The fourth-order valence-electron chi connectivity index (χ4n) is 1.75. The predicted molar refractivity (Wildman–Crippen MR) is 51.3 cm³/mol. The molecule has 1 aliphatic carbocycles. The number of fused-ring (bicyclic) bond motifs is 1. The van der Waals surface area contributed by atoms with E-state index in [2.05, 4.69) is 18.2 Å². The normalized spacial score (nSPS) is 28.2. The van der Waals surface area contributed by atoms with E-state index in [-0.39, 0.29) is 11.4 Å². The molecule has 2 atom stereocenters. The van der Waals surface area contributed by atoms with E-state index in [9.17, 15) is 0 Å². The number of hydrogen-bond donors (Lipinski definition) is 1. The third-order valence-corrected chi connectivity index (χ3v) is 2.98. The Kier molecular flexibility index (Phi) is 2.07. The fourth-order valence-corrected chi connectivity index (χ4v) is 2.00.